The number of ether oxygens (including phenoxy) is 1. The van der Waals surface area contributed by atoms with Crippen LogP contribution in [-0.4, -0.2) is 36.8 Å². The number of halogens is 1. The molecular formula is C13H18BrN3O. The first-order valence-corrected chi connectivity index (χ1v) is 7.31. The zero-order chi connectivity index (χ0) is 12.7. The van der Waals surface area contributed by atoms with Crippen LogP contribution in [0.5, 0.6) is 5.75 Å². The van der Waals surface area contributed by atoms with Crippen LogP contribution in [0.3, 0.4) is 0 Å². The zero-order valence-electron chi connectivity index (χ0n) is 10.7. The minimum atomic E-state index is 0.502. The predicted molar refractivity (Wildman–Crippen MR) is 75.4 cm³/mol. The fourth-order valence-electron chi connectivity index (χ4n) is 2.95. The summed E-state index contributed by atoms with van der Waals surface area (Å²) in [5, 5.41) is 3.48. The van der Waals surface area contributed by atoms with Gasteiger partial charge in [-0.05, 0) is 42.3 Å². The number of hydrogen-bond donors (Lipinski definition) is 1. The molecule has 3 heterocycles. The number of nitrogens with zero attached hydrogens (tertiary/aromatic N) is 2. The number of anilines is 1. The van der Waals surface area contributed by atoms with E-state index in [2.05, 4.69) is 39.1 Å². The molecule has 1 fully saturated rings. The van der Waals surface area contributed by atoms with Crippen molar-refractivity contribution in [1.82, 2.24) is 10.3 Å². The molecule has 5 heteroatoms. The fourth-order valence-corrected chi connectivity index (χ4v) is 3.35. The van der Waals surface area contributed by atoms with Gasteiger partial charge in [-0.2, -0.15) is 0 Å². The Morgan fingerprint density at radius 2 is 2.39 bits per heavy atom. The number of pyridine rings is 1. The lowest BCUT2D eigenvalue weighted by Gasteiger charge is -2.37. The molecule has 2 aliphatic heterocycles. The van der Waals surface area contributed by atoms with E-state index in [9.17, 15) is 0 Å². The van der Waals surface area contributed by atoms with E-state index in [1.807, 2.05) is 6.92 Å². The third kappa shape index (κ3) is 1.89. The van der Waals surface area contributed by atoms with Crippen LogP contribution < -0.4 is 15.0 Å². The van der Waals surface area contributed by atoms with Crippen LogP contribution in [0.4, 0.5) is 5.82 Å². The summed E-state index contributed by atoms with van der Waals surface area (Å²) < 4.78 is 6.41. The average molecular weight is 312 g/mol. The van der Waals surface area contributed by atoms with Crippen molar-refractivity contribution in [2.75, 3.05) is 24.6 Å². The van der Waals surface area contributed by atoms with Gasteiger partial charge in [0, 0.05) is 30.7 Å². The van der Waals surface area contributed by atoms with E-state index in [4.69, 9.17) is 9.72 Å². The molecule has 1 aromatic heterocycles. The molecule has 0 radical (unpaired) electrons. The van der Waals surface area contributed by atoms with E-state index in [1.165, 1.54) is 5.56 Å². The Bertz CT molecular complexity index is 466. The predicted octanol–water partition coefficient (Wildman–Crippen LogP) is 1.97. The van der Waals surface area contributed by atoms with Gasteiger partial charge in [0.15, 0.2) is 5.75 Å². The van der Waals surface area contributed by atoms with Crippen molar-refractivity contribution < 1.29 is 4.74 Å². The van der Waals surface area contributed by atoms with Crippen LogP contribution >= 0.6 is 15.9 Å². The number of aromatic nitrogens is 1. The van der Waals surface area contributed by atoms with Gasteiger partial charge in [0.25, 0.3) is 0 Å². The first-order valence-electron chi connectivity index (χ1n) is 6.52. The monoisotopic (exact) mass is 311 g/mol. The molecule has 1 saturated heterocycles. The molecule has 1 N–H and O–H groups in total. The first kappa shape index (κ1) is 12.2. The molecule has 0 bridgehead atoms. The standard InChI is InChI=1S/C13H18BrN3O/c1-3-18-11-5-9-4-10-7-15-6-8(2)17(10)13(9)16-12(11)14/h5,8,10,15H,3-4,6-7H2,1-2H3/t8-,10-/m1/s1. The summed E-state index contributed by atoms with van der Waals surface area (Å²) in [6.07, 6.45) is 1.06. The van der Waals surface area contributed by atoms with Crippen LogP contribution in [0.2, 0.25) is 0 Å². The number of hydrogen-bond acceptors (Lipinski definition) is 4. The molecule has 0 aliphatic carbocycles. The summed E-state index contributed by atoms with van der Waals surface area (Å²) in [4.78, 5) is 7.15. The lowest BCUT2D eigenvalue weighted by Crippen LogP contribution is -2.55. The van der Waals surface area contributed by atoms with E-state index in [1.54, 1.807) is 0 Å². The van der Waals surface area contributed by atoms with Crippen LogP contribution in [0, 0.1) is 0 Å². The molecular weight excluding hydrogens is 294 g/mol. The molecule has 0 amide bonds. The highest BCUT2D eigenvalue weighted by atomic mass is 79.9. The van der Waals surface area contributed by atoms with Crippen molar-refractivity contribution in [3.8, 4) is 5.75 Å². The minimum Gasteiger partial charge on any atom is -0.491 e. The van der Waals surface area contributed by atoms with Crippen LogP contribution in [0.25, 0.3) is 0 Å². The molecule has 2 atom stereocenters. The minimum absolute atomic E-state index is 0.502. The third-order valence-electron chi connectivity index (χ3n) is 3.69. The summed E-state index contributed by atoms with van der Waals surface area (Å²) in [5.41, 5.74) is 1.31. The second-order valence-electron chi connectivity index (χ2n) is 4.97. The Labute approximate surface area is 116 Å². The number of piperazine rings is 1. The van der Waals surface area contributed by atoms with Crippen molar-refractivity contribution in [1.29, 1.82) is 0 Å². The van der Waals surface area contributed by atoms with E-state index in [0.717, 1.165) is 35.7 Å². The largest absolute Gasteiger partial charge is 0.491 e. The summed E-state index contributed by atoms with van der Waals surface area (Å²) in [6.45, 7) is 6.99. The van der Waals surface area contributed by atoms with Crippen molar-refractivity contribution in [2.24, 2.45) is 0 Å². The van der Waals surface area contributed by atoms with Crippen molar-refractivity contribution in [3.05, 3.63) is 16.2 Å². The highest BCUT2D eigenvalue weighted by Crippen LogP contribution is 2.38. The zero-order valence-corrected chi connectivity index (χ0v) is 12.3. The van der Waals surface area contributed by atoms with Crippen LogP contribution in [-0.2, 0) is 6.42 Å². The van der Waals surface area contributed by atoms with Crippen LogP contribution in [0.1, 0.15) is 19.4 Å². The van der Waals surface area contributed by atoms with Gasteiger partial charge in [0.2, 0.25) is 0 Å². The Morgan fingerprint density at radius 1 is 1.56 bits per heavy atom. The second kappa shape index (κ2) is 4.70. The smallest absolute Gasteiger partial charge is 0.152 e. The Morgan fingerprint density at radius 3 is 3.17 bits per heavy atom. The maximum atomic E-state index is 5.60. The molecule has 3 rings (SSSR count). The molecule has 98 valence electrons. The molecule has 18 heavy (non-hydrogen) atoms. The second-order valence-corrected chi connectivity index (χ2v) is 5.72. The molecule has 0 saturated carbocycles. The molecule has 2 aliphatic rings. The van der Waals surface area contributed by atoms with Gasteiger partial charge < -0.3 is 15.0 Å². The van der Waals surface area contributed by atoms with E-state index < -0.39 is 0 Å². The van der Waals surface area contributed by atoms with E-state index >= 15 is 0 Å². The number of fused-ring (bicyclic) bond motifs is 3. The van der Waals surface area contributed by atoms with Crippen molar-refractivity contribution in [3.63, 3.8) is 0 Å². The maximum Gasteiger partial charge on any atom is 0.152 e. The Balaban J connectivity index is 1.99. The summed E-state index contributed by atoms with van der Waals surface area (Å²) in [6, 6.07) is 3.18. The van der Waals surface area contributed by atoms with Gasteiger partial charge in [0.05, 0.1) is 6.61 Å². The lowest BCUT2D eigenvalue weighted by atomic mass is 10.1. The highest BCUT2D eigenvalue weighted by Gasteiger charge is 2.36. The van der Waals surface area contributed by atoms with Gasteiger partial charge in [-0.25, -0.2) is 4.98 Å². The average Bonchev–Trinajstić information content (AvgIpc) is 2.69. The third-order valence-corrected chi connectivity index (χ3v) is 4.26. The van der Waals surface area contributed by atoms with E-state index in [-0.39, 0.29) is 0 Å². The number of rotatable bonds is 2. The molecule has 1 aromatic rings. The maximum absolute atomic E-state index is 5.60. The van der Waals surface area contributed by atoms with E-state index in [0.29, 0.717) is 18.7 Å². The SMILES string of the molecule is CCOc1cc2c(nc1Br)N1[C@@H](CNC[C@H]1C)C2. The van der Waals surface area contributed by atoms with Gasteiger partial charge >= 0.3 is 0 Å². The Kier molecular flexibility index (Phi) is 3.20. The fraction of sp³-hybridized carbons (Fsp3) is 0.615. The Hall–Kier alpha value is -0.810. The quantitative estimate of drug-likeness (QED) is 0.847. The highest BCUT2D eigenvalue weighted by molar-refractivity contribution is 9.10. The molecule has 0 spiro atoms. The summed E-state index contributed by atoms with van der Waals surface area (Å²) in [5.74, 6) is 1.99. The topological polar surface area (TPSA) is 37.4 Å². The lowest BCUT2D eigenvalue weighted by molar-refractivity contribution is 0.336. The number of nitrogens with one attached hydrogen (secondary N) is 1. The summed E-state index contributed by atoms with van der Waals surface area (Å²) >= 11 is 3.51. The molecule has 0 unspecified atom stereocenters. The van der Waals surface area contributed by atoms with Gasteiger partial charge in [-0.1, -0.05) is 0 Å². The molecule has 4 nitrogen and oxygen atoms in total. The molecule has 0 aromatic carbocycles. The van der Waals surface area contributed by atoms with Crippen LogP contribution in [0.15, 0.2) is 10.7 Å². The van der Waals surface area contributed by atoms with Crippen molar-refractivity contribution >= 4 is 21.7 Å². The van der Waals surface area contributed by atoms with Gasteiger partial charge in [-0.3, -0.25) is 0 Å². The van der Waals surface area contributed by atoms with Crippen molar-refractivity contribution in [2.45, 2.75) is 32.4 Å². The van der Waals surface area contributed by atoms with Gasteiger partial charge in [-0.15, -0.1) is 0 Å². The summed E-state index contributed by atoms with van der Waals surface area (Å²) in [7, 11) is 0. The normalized spacial score (nSPS) is 25.8. The van der Waals surface area contributed by atoms with Gasteiger partial charge in [0.1, 0.15) is 10.4 Å². The first-order chi connectivity index (χ1) is 8.70.